The average Bonchev–Trinajstić information content (AvgIpc) is 2.99. The zero-order chi connectivity index (χ0) is 10.2. The number of aliphatic hydroxyl groups excluding tert-OH is 1. The van der Waals surface area contributed by atoms with E-state index in [2.05, 4.69) is 15.9 Å². The lowest BCUT2D eigenvalue weighted by atomic mass is 9.93. The minimum Gasteiger partial charge on any atom is -0.388 e. The third-order valence-electron chi connectivity index (χ3n) is 3.06. The second kappa shape index (κ2) is 3.65. The van der Waals surface area contributed by atoms with Crippen LogP contribution in [0.4, 0.5) is 0 Å². The standard InChI is InChI=1S/C11H14BrNO/c12-9-3-1-8(2-4-9)10(14)11(7-13)5-6-11/h1-4,10,14H,5-7,13H2/t10-/m0/s1. The first-order chi connectivity index (χ1) is 6.68. The van der Waals surface area contributed by atoms with Crippen LogP contribution in [-0.2, 0) is 0 Å². The molecule has 0 radical (unpaired) electrons. The maximum absolute atomic E-state index is 10.1. The first-order valence-electron chi connectivity index (χ1n) is 4.81. The molecule has 14 heavy (non-hydrogen) atoms. The van der Waals surface area contributed by atoms with E-state index in [9.17, 15) is 5.11 Å². The van der Waals surface area contributed by atoms with Crippen LogP contribution in [0.25, 0.3) is 0 Å². The van der Waals surface area contributed by atoms with Crippen LogP contribution in [0.5, 0.6) is 0 Å². The highest BCUT2D eigenvalue weighted by Crippen LogP contribution is 2.53. The lowest BCUT2D eigenvalue weighted by Gasteiger charge is -2.20. The molecule has 1 fully saturated rings. The number of rotatable bonds is 3. The van der Waals surface area contributed by atoms with Crippen LogP contribution in [0, 0.1) is 5.41 Å². The molecular formula is C11H14BrNO. The summed E-state index contributed by atoms with van der Waals surface area (Å²) in [5.41, 5.74) is 6.60. The van der Waals surface area contributed by atoms with Crippen LogP contribution >= 0.6 is 15.9 Å². The van der Waals surface area contributed by atoms with Crippen molar-refractivity contribution in [1.29, 1.82) is 0 Å². The molecule has 2 rings (SSSR count). The molecule has 1 saturated carbocycles. The summed E-state index contributed by atoms with van der Waals surface area (Å²) in [6.45, 7) is 0.574. The number of aliphatic hydroxyl groups is 1. The maximum atomic E-state index is 10.1. The van der Waals surface area contributed by atoms with E-state index in [1.165, 1.54) is 0 Å². The Bertz CT molecular complexity index is 319. The van der Waals surface area contributed by atoms with Gasteiger partial charge in [-0.05, 0) is 30.5 Å². The summed E-state index contributed by atoms with van der Waals surface area (Å²) in [5, 5.41) is 10.1. The Morgan fingerprint density at radius 3 is 2.36 bits per heavy atom. The van der Waals surface area contributed by atoms with Gasteiger partial charge < -0.3 is 10.8 Å². The van der Waals surface area contributed by atoms with Crippen LogP contribution in [0.2, 0.25) is 0 Å². The van der Waals surface area contributed by atoms with Gasteiger partial charge in [-0.25, -0.2) is 0 Å². The Morgan fingerprint density at radius 2 is 1.93 bits per heavy atom. The topological polar surface area (TPSA) is 46.2 Å². The summed E-state index contributed by atoms with van der Waals surface area (Å²) < 4.78 is 1.03. The van der Waals surface area contributed by atoms with Gasteiger partial charge in [0.1, 0.15) is 0 Å². The number of benzene rings is 1. The molecule has 1 atom stereocenters. The number of hydrogen-bond donors (Lipinski definition) is 2. The van der Waals surface area contributed by atoms with E-state index in [0.717, 1.165) is 22.9 Å². The molecule has 1 aromatic rings. The predicted molar refractivity (Wildman–Crippen MR) is 59.8 cm³/mol. The molecule has 0 bridgehead atoms. The summed E-state index contributed by atoms with van der Waals surface area (Å²) in [5.74, 6) is 0. The van der Waals surface area contributed by atoms with Crippen LogP contribution in [0.3, 0.4) is 0 Å². The van der Waals surface area contributed by atoms with Gasteiger partial charge in [0.25, 0.3) is 0 Å². The molecule has 1 aromatic carbocycles. The highest BCUT2D eigenvalue weighted by molar-refractivity contribution is 9.10. The van der Waals surface area contributed by atoms with Gasteiger partial charge in [-0.3, -0.25) is 0 Å². The molecule has 0 spiro atoms. The molecule has 0 heterocycles. The fraction of sp³-hybridized carbons (Fsp3) is 0.455. The molecule has 0 aromatic heterocycles. The molecular weight excluding hydrogens is 242 g/mol. The fourth-order valence-electron chi connectivity index (χ4n) is 1.75. The monoisotopic (exact) mass is 255 g/mol. The summed E-state index contributed by atoms with van der Waals surface area (Å²) >= 11 is 3.37. The van der Waals surface area contributed by atoms with Crippen molar-refractivity contribution in [2.45, 2.75) is 18.9 Å². The van der Waals surface area contributed by atoms with Crippen molar-refractivity contribution < 1.29 is 5.11 Å². The first-order valence-corrected chi connectivity index (χ1v) is 5.61. The highest BCUT2D eigenvalue weighted by atomic mass is 79.9. The molecule has 1 aliphatic rings. The molecule has 76 valence electrons. The molecule has 3 heteroatoms. The second-order valence-corrected chi connectivity index (χ2v) is 4.94. The van der Waals surface area contributed by atoms with Gasteiger partial charge >= 0.3 is 0 Å². The average molecular weight is 256 g/mol. The van der Waals surface area contributed by atoms with Crippen molar-refractivity contribution in [1.82, 2.24) is 0 Å². The van der Waals surface area contributed by atoms with E-state index < -0.39 is 6.10 Å². The van der Waals surface area contributed by atoms with Crippen molar-refractivity contribution in [3.63, 3.8) is 0 Å². The SMILES string of the molecule is NCC1([C@@H](O)c2ccc(Br)cc2)CC1. The smallest absolute Gasteiger partial charge is 0.0858 e. The minimum absolute atomic E-state index is 0.0339. The lowest BCUT2D eigenvalue weighted by molar-refractivity contribution is 0.0975. The van der Waals surface area contributed by atoms with E-state index in [1.807, 2.05) is 24.3 Å². The Balaban J connectivity index is 2.19. The Hall–Kier alpha value is -0.380. The Labute approximate surface area is 92.3 Å². The van der Waals surface area contributed by atoms with Crippen molar-refractivity contribution in [2.24, 2.45) is 11.1 Å². The van der Waals surface area contributed by atoms with E-state index in [-0.39, 0.29) is 5.41 Å². The van der Waals surface area contributed by atoms with Gasteiger partial charge in [0.15, 0.2) is 0 Å². The van der Waals surface area contributed by atoms with Gasteiger partial charge in [0.05, 0.1) is 6.10 Å². The van der Waals surface area contributed by atoms with Crippen molar-refractivity contribution in [2.75, 3.05) is 6.54 Å². The Morgan fingerprint density at radius 1 is 1.36 bits per heavy atom. The largest absolute Gasteiger partial charge is 0.388 e. The third kappa shape index (κ3) is 1.72. The van der Waals surface area contributed by atoms with Crippen LogP contribution < -0.4 is 5.73 Å². The zero-order valence-corrected chi connectivity index (χ0v) is 9.50. The summed E-state index contributed by atoms with van der Waals surface area (Å²) in [7, 11) is 0. The number of nitrogens with two attached hydrogens (primary N) is 1. The van der Waals surface area contributed by atoms with Gasteiger partial charge in [0, 0.05) is 16.4 Å². The fourth-order valence-corrected chi connectivity index (χ4v) is 2.01. The van der Waals surface area contributed by atoms with Gasteiger partial charge in [-0.1, -0.05) is 28.1 Å². The maximum Gasteiger partial charge on any atom is 0.0858 e. The van der Waals surface area contributed by atoms with Crippen molar-refractivity contribution >= 4 is 15.9 Å². The van der Waals surface area contributed by atoms with E-state index in [4.69, 9.17) is 5.73 Å². The van der Waals surface area contributed by atoms with Crippen molar-refractivity contribution in [3.8, 4) is 0 Å². The lowest BCUT2D eigenvalue weighted by Crippen LogP contribution is -2.23. The van der Waals surface area contributed by atoms with Gasteiger partial charge in [0.2, 0.25) is 0 Å². The molecule has 0 unspecified atom stereocenters. The van der Waals surface area contributed by atoms with Crippen LogP contribution in [0.15, 0.2) is 28.7 Å². The molecule has 3 N–H and O–H groups in total. The van der Waals surface area contributed by atoms with E-state index >= 15 is 0 Å². The minimum atomic E-state index is -0.402. The van der Waals surface area contributed by atoms with Crippen LogP contribution in [0.1, 0.15) is 24.5 Å². The van der Waals surface area contributed by atoms with E-state index in [1.54, 1.807) is 0 Å². The molecule has 0 aliphatic heterocycles. The van der Waals surface area contributed by atoms with E-state index in [0.29, 0.717) is 6.54 Å². The summed E-state index contributed by atoms with van der Waals surface area (Å²) in [4.78, 5) is 0. The quantitative estimate of drug-likeness (QED) is 0.871. The normalized spacial score (nSPS) is 20.5. The highest BCUT2D eigenvalue weighted by Gasteiger charge is 2.48. The zero-order valence-electron chi connectivity index (χ0n) is 7.91. The number of halogens is 1. The van der Waals surface area contributed by atoms with Crippen molar-refractivity contribution in [3.05, 3.63) is 34.3 Å². The summed E-state index contributed by atoms with van der Waals surface area (Å²) in [6, 6.07) is 7.80. The van der Waals surface area contributed by atoms with Gasteiger partial charge in [-0.2, -0.15) is 0 Å². The second-order valence-electron chi connectivity index (χ2n) is 4.02. The Kier molecular flexibility index (Phi) is 2.64. The van der Waals surface area contributed by atoms with Gasteiger partial charge in [-0.15, -0.1) is 0 Å². The van der Waals surface area contributed by atoms with Crippen LogP contribution in [-0.4, -0.2) is 11.7 Å². The molecule has 0 saturated heterocycles. The first kappa shape index (κ1) is 10.1. The molecule has 2 nitrogen and oxygen atoms in total. The summed E-state index contributed by atoms with van der Waals surface area (Å²) in [6.07, 6.45) is 1.68. The molecule has 0 amide bonds. The third-order valence-corrected chi connectivity index (χ3v) is 3.59. The predicted octanol–water partition coefficient (Wildman–Crippen LogP) is 2.22. The molecule has 1 aliphatic carbocycles. The number of hydrogen-bond acceptors (Lipinski definition) is 2.